The molecule has 2 saturated carbocycles. The third-order valence-electron chi connectivity index (χ3n) is 5.84. The average molecular weight is 353 g/mol. The number of hydrogen-bond donors (Lipinski definition) is 2. The number of nitrogens with one attached hydrogen (secondary N) is 2. The van der Waals surface area contributed by atoms with Crippen molar-refractivity contribution in [3.8, 4) is 0 Å². The van der Waals surface area contributed by atoms with Crippen LogP contribution in [0.1, 0.15) is 89.2 Å². The summed E-state index contributed by atoms with van der Waals surface area (Å²) in [5.41, 5.74) is 5.20. The lowest BCUT2D eigenvalue weighted by molar-refractivity contribution is 0.461. The van der Waals surface area contributed by atoms with E-state index < -0.39 is 0 Å². The summed E-state index contributed by atoms with van der Waals surface area (Å²) in [6.07, 6.45) is 22.2. The summed E-state index contributed by atoms with van der Waals surface area (Å²) < 4.78 is 0. The van der Waals surface area contributed by atoms with Crippen LogP contribution in [0.15, 0.2) is 24.3 Å². The van der Waals surface area contributed by atoms with Crippen LogP contribution in [0.25, 0.3) is 12.2 Å². The Labute approximate surface area is 160 Å². The molecule has 0 aliphatic heterocycles. The molecule has 26 heavy (non-hydrogen) atoms. The molecule has 0 spiro atoms. The van der Waals surface area contributed by atoms with Crippen molar-refractivity contribution >= 4 is 23.5 Å². The van der Waals surface area contributed by atoms with Crippen LogP contribution in [0.5, 0.6) is 0 Å². The highest BCUT2D eigenvalue weighted by Crippen LogP contribution is 2.32. The summed E-state index contributed by atoms with van der Waals surface area (Å²) in [6.45, 7) is 4.21. The zero-order chi connectivity index (χ0) is 18.2. The molecule has 0 amide bonds. The quantitative estimate of drug-likeness (QED) is 0.563. The van der Waals surface area contributed by atoms with Crippen LogP contribution in [0.3, 0.4) is 0 Å². The van der Waals surface area contributed by atoms with Crippen LogP contribution in [0, 0.1) is 0 Å². The summed E-state index contributed by atoms with van der Waals surface area (Å²) >= 11 is 0. The number of allylic oxidation sites excluding steroid dienone is 2. The minimum Gasteiger partial charge on any atom is -0.382 e. The molecule has 2 fully saturated rings. The topological polar surface area (TPSA) is 24.1 Å². The van der Waals surface area contributed by atoms with Crippen LogP contribution in [0.4, 0.5) is 11.4 Å². The molecule has 0 unspecified atom stereocenters. The lowest BCUT2D eigenvalue weighted by Gasteiger charge is -2.28. The van der Waals surface area contributed by atoms with Gasteiger partial charge in [0.1, 0.15) is 0 Å². The largest absolute Gasteiger partial charge is 0.382 e. The number of hydrogen-bond acceptors (Lipinski definition) is 2. The van der Waals surface area contributed by atoms with Crippen molar-refractivity contribution < 1.29 is 0 Å². The Balaban J connectivity index is 1.87. The maximum absolute atomic E-state index is 3.87. The molecular formula is C24H36N2. The fourth-order valence-corrected chi connectivity index (χ4v) is 4.45. The highest BCUT2D eigenvalue weighted by molar-refractivity contribution is 5.79. The zero-order valence-electron chi connectivity index (χ0n) is 16.7. The Morgan fingerprint density at radius 1 is 0.654 bits per heavy atom. The van der Waals surface area contributed by atoms with Gasteiger partial charge in [0, 0.05) is 23.5 Å². The molecule has 1 aromatic carbocycles. The minimum absolute atomic E-state index is 0.628. The van der Waals surface area contributed by atoms with Crippen LogP contribution in [0.2, 0.25) is 0 Å². The van der Waals surface area contributed by atoms with E-state index in [9.17, 15) is 0 Å². The molecule has 2 aliphatic carbocycles. The molecule has 2 N–H and O–H groups in total. The molecule has 3 rings (SSSR count). The average Bonchev–Trinajstić information content (AvgIpc) is 2.67. The highest BCUT2D eigenvalue weighted by atomic mass is 14.9. The van der Waals surface area contributed by atoms with Gasteiger partial charge in [-0.05, 0) is 62.8 Å². The van der Waals surface area contributed by atoms with Crippen LogP contribution < -0.4 is 10.6 Å². The van der Waals surface area contributed by atoms with Gasteiger partial charge in [-0.15, -0.1) is 0 Å². The van der Waals surface area contributed by atoms with Gasteiger partial charge in [0.25, 0.3) is 0 Å². The first-order valence-corrected chi connectivity index (χ1v) is 10.8. The van der Waals surface area contributed by atoms with Gasteiger partial charge in [-0.2, -0.15) is 0 Å². The fraction of sp³-hybridized carbons (Fsp3) is 0.583. The molecule has 142 valence electrons. The Morgan fingerprint density at radius 2 is 1.08 bits per heavy atom. The highest BCUT2D eigenvalue weighted by Gasteiger charge is 2.18. The van der Waals surface area contributed by atoms with Gasteiger partial charge in [-0.3, -0.25) is 0 Å². The van der Waals surface area contributed by atoms with Gasteiger partial charge in [-0.25, -0.2) is 0 Å². The van der Waals surface area contributed by atoms with Gasteiger partial charge < -0.3 is 10.6 Å². The molecule has 0 bridgehead atoms. The third-order valence-corrected chi connectivity index (χ3v) is 5.84. The third kappa shape index (κ3) is 5.16. The van der Waals surface area contributed by atoms with E-state index in [0.717, 1.165) is 0 Å². The van der Waals surface area contributed by atoms with Crippen LogP contribution >= 0.6 is 0 Å². The normalized spacial score (nSPS) is 20.1. The SMILES string of the molecule is CC=Cc1cc(C=CC)c(NC2CCCCC2)cc1NC1CCCCC1. The first kappa shape index (κ1) is 19.1. The Bertz CT molecular complexity index is 566. The predicted octanol–water partition coefficient (Wildman–Crippen LogP) is 7.24. The smallest absolute Gasteiger partial charge is 0.0436 e. The van der Waals surface area contributed by atoms with E-state index in [1.54, 1.807) is 0 Å². The second-order valence-electron chi connectivity index (χ2n) is 7.99. The van der Waals surface area contributed by atoms with Crippen LogP contribution in [-0.2, 0) is 0 Å². The molecule has 0 heterocycles. The molecule has 1 aromatic rings. The van der Waals surface area contributed by atoms with Gasteiger partial charge in [0.05, 0.1) is 0 Å². The summed E-state index contributed by atoms with van der Waals surface area (Å²) in [5.74, 6) is 0. The maximum atomic E-state index is 3.87. The van der Waals surface area contributed by atoms with Gasteiger partial charge in [0.2, 0.25) is 0 Å². The van der Waals surface area contributed by atoms with Crippen molar-refractivity contribution in [3.63, 3.8) is 0 Å². The monoisotopic (exact) mass is 352 g/mol. The molecule has 0 aromatic heterocycles. The molecular weight excluding hydrogens is 316 g/mol. The van der Waals surface area contributed by atoms with Crippen molar-refractivity contribution in [2.75, 3.05) is 10.6 Å². The second-order valence-corrected chi connectivity index (χ2v) is 7.99. The van der Waals surface area contributed by atoms with Gasteiger partial charge >= 0.3 is 0 Å². The maximum Gasteiger partial charge on any atom is 0.0436 e. The summed E-state index contributed by atoms with van der Waals surface area (Å²) in [5, 5.41) is 7.73. The van der Waals surface area contributed by atoms with E-state index in [1.165, 1.54) is 86.7 Å². The number of anilines is 2. The number of benzene rings is 1. The van der Waals surface area contributed by atoms with Gasteiger partial charge in [0.15, 0.2) is 0 Å². The van der Waals surface area contributed by atoms with E-state index in [2.05, 4.69) is 60.9 Å². The van der Waals surface area contributed by atoms with E-state index >= 15 is 0 Å². The first-order valence-electron chi connectivity index (χ1n) is 10.8. The molecule has 2 aliphatic rings. The first-order chi connectivity index (χ1) is 12.8. The number of rotatable bonds is 6. The summed E-state index contributed by atoms with van der Waals surface area (Å²) in [6, 6.07) is 5.97. The van der Waals surface area contributed by atoms with Crippen molar-refractivity contribution in [2.45, 2.75) is 90.1 Å². The lowest BCUT2D eigenvalue weighted by Crippen LogP contribution is -2.24. The van der Waals surface area contributed by atoms with Crippen LogP contribution in [-0.4, -0.2) is 12.1 Å². The minimum atomic E-state index is 0.628. The van der Waals surface area contributed by atoms with Crippen molar-refractivity contribution in [1.82, 2.24) is 0 Å². The van der Waals surface area contributed by atoms with Crippen molar-refractivity contribution in [3.05, 3.63) is 35.4 Å². The van der Waals surface area contributed by atoms with E-state index in [4.69, 9.17) is 0 Å². The molecule has 0 radical (unpaired) electrons. The van der Waals surface area contributed by atoms with E-state index in [-0.39, 0.29) is 0 Å². The summed E-state index contributed by atoms with van der Waals surface area (Å²) in [7, 11) is 0. The Hall–Kier alpha value is -1.70. The molecule has 2 nitrogen and oxygen atoms in total. The summed E-state index contributed by atoms with van der Waals surface area (Å²) in [4.78, 5) is 0. The zero-order valence-corrected chi connectivity index (χ0v) is 16.7. The fourth-order valence-electron chi connectivity index (χ4n) is 4.45. The van der Waals surface area contributed by atoms with Crippen molar-refractivity contribution in [1.29, 1.82) is 0 Å². The molecule has 0 atom stereocenters. The molecule has 0 saturated heterocycles. The predicted molar refractivity (Wildman–Crippen MR) is 117 cm³/mol. The van der Waals surface area contributed by atoms with E-state index in [1.807, 2.05) is 0 Å². The van der Waals surface area contributed by atoms with Crippen molar-refractivity contribution in [2.24, 2.45) is 0 Å². The van der Waals surface area contributed by atoms with E-state index in [0.29, 0.717) is 12.1 Å². The standard InChI is InChI=1S/C24H36N2/c1-3-11-19-17-20(12-4-2)24(26-22-15-9-6-10-16-22)18-23(19)25-21-13-7-5-8-14-21/h3-4,11-12,17-18,21-22,25-26H,5-10,13-16H2,1-2H3. The Kier molecular flexibility index (Phi) is 7.22. The lowest BCUT2D eigenvalue weighted by atomic mass is 9.93. The molecule has 2 heteroatoms. The second kappa shape index (κ2) is 9.85. The Morgan fingerprint density at radius 3 is 1.46 bits per heavy atom. The van der Waals surface area contributed by atoms with Gasteiger partial charge in [-0.1, -0.05) is 62.8 Å².